The topological polar surface area (TPSA) is 72.8 Å². The molecule has 0 aromatic heterocycles. The molecule has 6 heteroatoms. The van der Waals surface area contributed by atoms with Gasteiger partial charge in [0.25, 0.3) is 10.1 Å². The minimum Gasteiger partial charge on any atom is -0.390 e. The number of rotatable bonds is 2. The van der Waals surface area contributed by atoms with Crippen molar-refractivity contribution in [2.75, 3.05) is 6.26 Å². The van der Waals surface area contributed by atoms with Gasteiger partial charge in [-0.1, -0.05) is 0 Å². The average Bonchev–Trinajstić information content (AvgIpc) is 2.40. The van der Waals surface area contributed by atoms with Crippen LogP contribution in [0.1, 0.15) is 12.8 Å². The molecule has 0 aromatic carbocycles. The number of hydrogen-bond acceptors (Lipinski definition) is 5. The summed E-state index contributed by atoms with van der Waals surface area (Å²) in [6.45, 7) is 0. The standard InChI is InChI=1S/C7H12O5S/c1-13(9,10)12-6-3-4-2-5(8)7(6)11-4/h4-8H,2-3H2,1H3/t4-,5+,6-,7+/m1/s1. The van der Waals surface area contributed by atoms with Crippen LogP contribution in [0.4, 0.5) is 0 Å². The Labute approximate surface area is 76.8 Å². The van der Waals surface area contributed by atoms with Crippen LogP contribution in [0.25, 0.3) is 0 Å². The quantitative estimate of drug-likeness (QED) is 0.605. The molecule has 0 amide bonds. The van der Waals surface area contributed by atoms with Gasteiger partial charge in [0.05, 0.1) is 18.5 Å². The van der Waals surface area contributed by atoms with Gasteiger partial charge < -0.3 is 9.84 Å². The first kappa shape index (κ1) is 9.39. The lowest BCUT2D eigenvalue weighted by atomic mass is 9.95. The van der Waals surface area contributed by atoms with Crippen molar-refractivity contribution in [3.05, 3.63) is 0 Å². The van der Waals surface area contributed by atoms with E-state index in [2.05, 4.69) is 0 Å². The van der Waals surface area contributed by atoms with Crippen molar-refractivity contribution in [2.45, 2.75) is 37.3 Å². The summed E-state index contributed by atoms with van der Waals surface area (Å²) in [7, 11) is -3.44. The molecule has 2 aliphatic heterocycles. The zero-order valence-corrected chi connectivity index (χ0v) is 8.03. The van der Waals surface area contributed by atoms with Crippen LogP contribution in [0, 0.1) is 0 Å². The van der Waals surface area contributed by atoms with Crippen molar-refractivity contribution in [3.63, 3.8) is 0 Å². The fourth-order valence-corrected chi connectivity index (χ4v) is 2.61. The Kier molecular flexibility index (Phi) is 2.10. The van der Waals surface area contributed by atoms with E-state index in [1.165, 1.54) is 0 Å². The molecule has 0 aliphatic carbocycles. The molecule has 0 unspecified atom stereocenters. The third-order valence-corrected chi connectivity index (χ3v) is 2.99. The van der Waals surface area contributed by atoms with E-state index in [9.17, 15) is 13.5 Å². The molecular weight excluding hydrogens is 196 g/mol. The van der Waals surface area contributed by atoms with Crippen molar-refractivity contribution in [1.29, 1.82) is 0 Å². The summed E-state index contributed by atoms with van der Waals surface area (Å²) >= 11 is 0. The smallest absolute Gasteiger partial charge is 0.264 e. The summed E-state index contributed by atoms with van der Waals surface area (Å²) in [6, 6.07) is 0. The second kappa shape index (κ2) is 2.91. The lowest BCUT2D eigenvalue weighted by Gasteiger charge is -2.21. The summed E-state index contributed by atoms with van der Waals surface area (Å²) in [5.74, 6) is 0. The van der Waals surface area contributed by atoms with Gasteiger partial charge in [-0.15, -0.1) is 0 Å². The second-order valence-corrected chi connectivity index (χ2v) is 5.20. The third kappa shape index (κ3) is 1.85. The van der Waals surface area contributed by atoms with E-state index < -0.39 is 28.4 Å². The molecule has 2 aliphatic rings. The fraction of sp³-hybridized carbons (Fsp3) is 1.00. The Hall–Kier alpha value is -0.170. The van der Waals surface area contributed by atoms with Crippen LogP contribution in [-0.2, 0) is 19.0 Å². The zero-order valence-electron chi connectivity index (χ0n) is 7.21. The minimum absolute atomic E-state index is 0.0354. The van der Waals surface area contributed by atoms with Crippen LogP contribution < -0.4 is 0 Å². The molecule has 0 aromatic rings. The first-order valence-electron chi connectivity index (χ1n) is 4.17. The van der Waals surface area contributed by atoms with Gasteiger partial charge in [-0.2, -0.15) is 8.42 Å². The van der Waals surface area contributed by atoms with E-state index in [1.54, 1.807) is 0 Å². The van der Waals surface area contributed by atoms with Crippen LogP contribution in [0.5, 0.6) is 0 Å². The van der Waals surface area contributed by atoms with E-state index in [0.717, 1.165) is 6.26 Å². The molecule has 2 bridgehead atoms. The van der Waals surface area contributed by atoms with Crippen molar-refractivity contribution in [2.24, 2.45) is 0 Å². The highest BCUT2D eigenvalue weighted by Gasteiger charge is 2.48. The number of ether oxygens (including phenoxy) is 1. The maximum absolute atomic E-state index is 10.8. The van der Waals surface area contributed by atoms with Crippen LogP contribution in [0.2, 0.25) is 0 Å². The molecule has 76 valence electrons. The highest BCUT2D eigenvalue weighted by molar-refractivity contribution is 7.86. The van der Waals surface area contributed by atoms with Gasteiger partial charge in [0, 0.05) is 12.8 Å². The van der Waals surface area contributed by atoms with Crippen molar-refractivity contribution >= 4 is 10.1 Å². The summed E-state index contributed by atoms with van der Waals surface area (Å²) in [4.78, 5) is 0. The number of aliphatic hydroxyl groups is 1. The normalized spacial score (nSPS) is 44.2. The Morgan fingerprint density at radius 2 is 2.15 bits per heavy atom. The maximum Gasteiger partial charge on any atom is 0.264 e. The molecular formula is C7H12O5S. The number of fused-ring (bicyclic) bond motifs is 2. The monoisotopic (exact) mass is 208 g/mol. The molecule has 5 nitrogen and oxygen atoms in total. The molecule has 2 rings (SSSR count). The average molecular weight is 208 g/mol. The number of aliphatic hydroxyl groups excluding tert-OH is 1. The lowest BCUT2D eigenvalue weighted by Crippen LogP contribution is -2.37. The SMILES string of the molecule is CS(=O)(=O)O[C@@H]1C[C@H]2C[C@H](O)[C@@H]1O2. The van der Waals surface area contributed by atoms with Crippen molar-refractivity contribution in [3.8, 4) is 0 Å². The van der Waals surface area contributed by atoms with E-state index in [1.807, 2.05) is 0 Å². The van der Waals surface area contributed by atoms with Gasteiger partial charge in [-0.05, 0) is 0 Å². The van der Waals surface area contributed by atoms with Gasteiger partial charge in [0.2, 0.25) is 0 Å². The Bertz CT molecular complexity index is 298. The molecule has 2 heterocycles. The molecule has 2 saturated heterocycles. The van der Waals surface area contributed by atoms with Crippen molar-refractivity contribution < 1.29 is 22.4 Å². The zero-order chi connectivity index (χ0) is 9.64. The Morgan fingerprint density at radius 3 is 2.62 bits per heavy atom. The van der Waals surface area contributed by atoms with Gasteiger partial charge in [-0.3, -0.25) is 4.18 Å². The molecule has 1 N–H and O–H groups in total. The summed E-state index contributed by atoms with van der Waals surface area (Å²) in [6.07, 6.45) is 0.592. The number of hydrogen-bond donors (Lipinski definition) is 1. The van der Waals surface area contributed by atoms with Crippen LogP contribution in [0.15, 0.2) is 0 Å². The predicted molar refractivity (Wildman–Crippen MR) is 43.6 cm³/mol. The highest BCUT2D eigenvalue weighted by Crippen LogP contribution is 2.36. The first-order valence-corrected chi connectivity index (χ1v) is 5.99. The maximum atomic E-state index is 10.8. The summed E-state index contributed by atoms with van der Waals surface area (Å²) < 4.78 is 31.7. The molecule has 2 fully saturated rings. The van der Waals surface area contributed by atoms with Gasteiger partial charge in [-0.25, -0.2) is 0 Å². The third-order valence-electron chi connectivity index (χ3n) is 2.39. The van der Waals surface area contributed by atoms with E-state index in [0.29, 0.717) is 12.8 Å². The Balaban J connectivity index is 2.04. The molecule has 4 atom stereocenters. The summed E-state index contributed by atoms with van der Waals surface area (Å²) in [5, 5.41) is 9.39. The Morgan fingerprint density at radius 1 is 1.46 bits per heavy atom. The predicted octanol–water partition coefficient (Wildman–Crippen LogP) is -0.747. The van der Waals surface area contributed by atoms with Crippen LogP contribution >= 0.6 is 0 Å². The minimum atomic E-state index is -3.44. The second-order valence-electron chi connectivity index (χ2n) is 3.60. The van der Waals surface area contributed by atoms with E-state index in [-0.39, 0.29) is 6.10 Å². The first-order chi connectivity index (χ1) is 5.96. The molecule has 0 radical (unpaired) electrons. The fourth-order valence-electron chi connectivity index (χ4n) is 1.97. The highest BCUT2D eigenvalue weighted by atomic mass is 32.2. The van der Waals surface area contributed by atoms with Gasteiger partial charge >= 0.3 is 0 Å². The van der Waals surface area contributed by atoms with Crippen LogP contribution in [-0.4, -0.2) is 44.2 Å². The largest absolute Gasteiger partial charge is 0.390 e. The lowest BCUT2D eigenvalue weighted by molar-refractivity contribution is 0.00560. The summed E-state index contributed by atoms with van der Waals surface area (Å²) in [5.41, 5.74) is 0. The van der Waals surface area contributed by atoms with E-state index >= 15 is 0 Å². The van der Waals surface area contributed by atoms with Gasteiger partial charge in [0.1, 0.15) is 12.2 Å². The van der Waals surface area contributed by atoms with Crippen LogP contribution in [0.3, 0.4) is 0 Å². The van der Waals surface area contributed by atoms with Gasteiger partial charge in [0.15, 0.2) is 0 Å². The van der Waals surface area contributed by atoms with E-state index in [4.69, 9.17) is 8.92 Å². The molecule has 0 saturated carbocycles. The van der Waals surface area contributed by atoms with Crippen molar-refractivity contribution in [1.82, 2.24) is 0 Å². The molecule has 13 heavy (non-hydrogen) atoms. The molecule has 0 spiro atoms.